The molecule has 0 aliphatic heterocycles. The second-order valence-electron chi connectivity index (χ2n) is 6.53. The maximum Gasteiger partial charge on any atom is 0.321 e. The van der Waals surface area contributed by atoms with Crippen molar-refractivity contribution in [2.24, 2.45) is 0 Å². The van der Waals surface area contributed by atoms with Crippen molar-refractivity contribution in [3.63, 3.8) is 0 Å². The van der Waals surface area contributed by atoms with Gasteiger partial charge in [-0.25, -0.2) is 9.59 Å². The van der Waals surface area contributed by atoms with E-state index in [1.807, 2.05) is 0 Å². The van der Waals surface area contributed by atoms with Crippen molar-refractivity contribution in [2.45, 2.75) is 63.5 Å². The fraction of sp³-hybridized carbons (Fsp3) is 0.750. The van der Waals surface area contributed by atoms with Crippen LogP contribution in [0.5, 0.6) is 0 Å². The third-order valence-corrected chi connectivity index (χ3v) is 6.48. The van der Waals surface area contributed by atoms with Crippen molar-refractivity contribution in [1.29, 1.82) is 0 Å². The van der Waals surface area contributed by atoms with Gasteiger partial charge in [0.25, 0.3) is 0 Å². The summed E-state index contributed by atoms with van der Waals surface area (Å²) in [5, 5.41) is 10.1. The molecular formula is C16H26N4O4S2. The van der Waals surface area contributed by atoms with Gasteiger partial charge < -0.3 is 10.6 Å². The van der Waals surface area contributed by atoms with Gasteiger partial charge in [0.1, 0.15) is 0 Å². The highest BCUT2D eigenvalue weighted by atomic mass is 33.1. The van der Waals surface area contributed by atoms with E-state index in [1.165, 1.54) is 21.6 Å². The topological polar surface area (TPSA) is 116 Å². The first kappa shape index (κ1) is 20.9. The zero-order chi connectivity index (χ0) is 18.8. The molecule has 6 amide bonds. The fourth-order valence-corrected chi connectivity index (χ4v) is 4.77. The van der Waals surface area contributed by atoms with E-state index in [2.05, 4.69) is 21.3 Å². The number of urea groups is 2. The van der Waals surface area contributed by atoms with Gasteiger partial charge in [-0.1, -0.05) is 47.3 Å². The minimum absolute atomic E-state index is 0.0598. The molecule has 2 rings (SSSR count). The van der Waals surface area contributed by atoms with Crippen molar-refractivity contribution >= 4 is 45.5 Å². The van der Waals surface area contributed by atoms with Gasteiger partial charge in [0, 0.05) is 12.1 Å². The molecule has 0 saturated heterocycles. The predicted molar refractivity (Wildman–Crippen MR) is 103 cm³/mol. The third kappa shape index (κ3) is 8.31. The molecule has 8 nitrogen and oxygen atoms in total. The molecule has 0 spiro atoms. The highest BCUT2D eigenvalue weighted by Crippen LogP contribution is 2.20. The molecule has 0 aromatic carbocycles. The van der Waals surface area contributed by atoms with Crippen molar-refractivity contribution < 1.29 is 19.2 Å². The number of imide groups is 2. The molecule has 2 saturated carbocycles. The van der Waals surface area contributed by atoms with Gasteiger partial charge in [0.2, 0.25) is 11.8 Å². The molecular weight excluding hydrogens is 376 g/mol. The van der Waals surface area contributed by atoms with Gasteiger partial charge in [0.15, 0.2) is 0 Å². The Bertz CT molecular complexity index is 474. The van der Waals surface area contributed by atoms with Gasteiger partial charge in [-0.3, -0.25) is 20.2 Å². The maximum atomic E-state index is 11.7. The summed E-state index contributed by atoms with van der Waals surface area (Å²) in [6.07, 6.45) is 8.23. The van der Waals surface area contributed by atoms with Crippen molar-refractivity contribution in [3.8, 4) is 0 Å². The molecule has 0 aromatic rings. The molecule has 10 heteroatoms. The highest BCUT2D eigenvalue weighted by Gasteiger charge is 2.19. The van der Waals surface area contributed by atoms with Crippen LogP contribution in [0.3, 0.4) is 0 Å². The summed E-state index contributed by atoms with van der Waals surface area (Å²) in [5.41, 5.74) is 0. The van der Waals surface area contributed by atoms with Crippen LogP contribution in [0.1, 0.15) is 51.4 Å². The lowest BCUT2D eigenvalue weighted by molar-refractivity contribution is -0.118. The number of hydrogen-bond donors (Lipinski definition) is 4. The lowest BCUT2D eigenvalue weighted by Gasteiger charge is -2.12. The number of carbonyl (C=O) groups excluding carboxylic acids is 4. The van der Waals surface area contributed by atoms with Crippen LogP contribution in [-0.2, 0) is 9.59 Å². The lowest BCUT2D eigenvalue weighted by atomic mass is 10.2. The number of amides is 6. The number of hydrogen-bond acceptors (Lipinski definition) is 6. The van der Waals surface area contributed by atoms with E-state index >= 15 is 0 Å². The molecule has 4 N–H and O–H groups in total. The molecule has 2 fully saturated rings. The molecule has 2 aliphatic rings. The SMILES string of the molecule is O=C(CSSCC(=O)NC(=O)NC1CCCC1)NC(=O)NC1CCCC1. The first-order valence-electron chi connectivity index (χ1n) is 8.98. The van der Waals surface area contributed by atoms with E-state index in [9.17, 15) is 19.2 Å². The lowest BCUT2D eigenvalue weighted by Crippen LogP contribution is -2.44. The smallest absolute Gasteiger partial charge is 0.321 e. The monoisotopic (exact) mass is 402 g/mol. The zero-order valence-electron chi connectivity index (χ0n) is 14.7. The zero-order valence-corrected chi connectivity index (χ0v) is 16.3. The van der Waals surface area contributed by atoms with Crippen molar-refractivity contribution in [2.75, 3.05) is 11.5 Å². The van der Waals surface area contributed by atoms with Gasteiger partial charge in [-0.2, -0.15) is 0 Å². The summed E-state index contributed by atoms with van der Waals surface area (Å²) in [6.45, 7) is 0. The Hall–Kier alpha value is -1.42. The van der Waals surface area contributed by atoms with E-state index in [0.717, 1.165) is 51.4 Å². The molecule has 146 valence electrons. The second kappa shape index (κ2) is 11.3. The molecule has 2 aliphatic carbocycles. The van der Waals surface area contributed by atoms with Crippen LogP contribution in [0.4, 0.5) is 9.59 Å². The quantitative estimate of drug-likeness (QED) is 0.382. The minimum Gasteiger partial charge on any atom is -0.335 e. The summed E-state index contributed by atoms with van der Waals surface area (Å²) in [5.74, 6) is -0.691. The van der Waals surface area contributed by atoms with Crippen molar-refractivity contribution in [1.82, 2.24) is 21.3 Å². The summed E-state index contributed by atoms with van der Waals surface area (Å²) in [7, 11) is 2.33. The standard InChI is InChI=1S/C16H26N4O4S2/c21-13(19-15(23)17-11-5-1-2-6-11)9-25-26-10-14(22)20-16(24)18-12-7-3-4-8-12/h11-12H,1-10H2,(H2,17,19,21,23)(H2,18,20,22,24). The average molecular weight is 403 g/mol. The summed E-state index contributed by atoms with van der Waals surface area (Å²) in [4.78, 5) is 46.6. The third-order valence-electron chi connectivity index (χ3n) is 4.35. The Morgan fingerprint density at radius 3 is 1.35 bits per heavy atom. The maximum absolute atomic E-state index is 11.7. The first-order valence-corrected chi connectivity index (χ1v) is 11.5. The fourth-order valence-electron chi connectivity index (χ4n) is 3.10. The van der Waals surface area contributed by atoms with E-state index in [-0.39, 0.29) is 23.6 Å². The summed E-state index contributed by atoms with van der Waals surface area (Å²) < 4.78 is 0. The van der Waals surface area contributed by atoms with Crippen LogP contribution >= 0.6 is 21.6 Å². The van der Waals surface area contributed by atoms with E-state index in [4.69, 9.17) is 0 Å². The molecule has 0 bridgehead atoms. The Labute approximate surface area is 161 Å². The molecule has 0 radical (unpaired) electrons. The number of nitrogens with one attached hydrogen (secondary N) is 4. The van der Waals surface area contributed by atoms with Crippen molar-refractivity contribution in [3.05, 3.63) is 0 Å². The Kier molecular flexibility index (Phi) is 9.10. The second-order valence-corrected chi connectivity index (χ2v) is 8.99. The normalized spacial score (nSPS) is 17.7. The van der Waals surface area contributed by atoms with E-state index in [1.54, 1.807) is 0 Å². The van der Waals surface area contributed by atoms with Crippen LogP contribution in [0.25, 0.3) is 0 Å². The highest BCUT2D eigenvalue weighted by molar-refractivity contribution is 8.77. The summed E-state index contributed by atoms with van der Waals surface area (Å²) >= 11 is 0. The van der Waals surface area contributed by atoms with Crippen LogP contribution in [0.15, 0.2) is 0 Å². The van der Waals surface area contributed by atoms with Crippen LogP contribution < -0.4 is 21.3 Å². The number of carbonyl (C=O) groups is 4. The molecule has 0 heterocycles. The molecule has 26 heavy (non-hydrogen) atoms. The largest absolute Gasteiger partial charge is 0.335 e. The van der Waals surface area contributed by atoms with Crippen LogP contribution in [0.2, 0.25) is 0 Å². The summed E-state index contributed by atoms with van der Waals surface area (Å²) in [6, 6.07) is -0.615. The average Bonchev–Trinajstić information content (AvgIpc) is 3.25. The van der Waals surface area contributed by atoms with Gasteiger partial charge in [-0.05, 0) is 25.7 Å². The molecule has 0 aromatic heterocycles. The molecule has 0 atom stereocenters. The van der Waals surface area contributed by atoms with Crippen LogP contribution in [-0.4, -0.2) is 47.5 Å². The van der Waals surface area contributed by atoms with E-state index < -0.39 is 23.9 Å². The number of rotatable bonds is 7. The Morgan fingerprint density at radius 1 is 0.654 bits per heavy atom. The van der Waals surface area contributed by atoms with Gasteiger partial charge >= 0.3 is 12.1 Å². The molecule has 0 unspecified atom stereocenters. The predicted octanol–water partition coefficient (Wildman–Crippen LogP) is 1.90. The first-order chi connectivity index (χ1) is 12.5. The Morgan fingerprint density at radius 2 is 1.00 bits per heavy atom. The van der Waals surface area contributed by atoms with E-state index in [0.29, 0.717) is 0 Å². The van der Waals surface area contributed by atoms with Gasteiger partial charge in [0.05, 0.1) is 11.5 Å². The van der Waals surface area contributed by atoms with Crippen LogP contribution in [0, 0.1) is 0 Å². The van der Waals surface area contributed by atoms with Gasteiger partial charge in [-0.15, -0.1) is 0 Å². The minimum atomic E-state index is -0.464. The Balaban J connectivity index is 1.49.